The van der Waals surface area contributed by atoms with E-state index in [0.29, 0.717) is 92.8 Å². The number of ether oxygens (including phenoxy) is 2. The zero-order chi connectivity index (χ0) is 48.5. The number of ketones is 1. The molecule has 0 spiro atoms. The largest absolute Gasteiger partial charge is 0.493 e. The quantitative estimate of drug-likeness (QED) is 0.104. The van der Waals surface area contributed by atoms with Crippen molar-refractivity contribution in [3.8, 4) is 51.2 Å². The second kappa shape index (κ2) is 17.4. The molecular formula is C54H50FN11O5. The first-order valence-corrected chi connectivity index (χ1v) is 23.9. The van der Waals surface area contributed by atoms with Gasteiger partial charge in [0.05, 0.1) is 43.1 Å². The number of aryl methyl sites for hydroxylation is 1. The minimum atomic E-state index is -0.437. The van der Waals surface area contributed by atoms with Gasteiger partial charge in [0.15, 0.2) is 28.8 Å². The summed E-state index contributed by atoms with van der Waals surface area (Å²) in [6, 6.07) is 26.4. The molecule has 4 aromatic carbocycles. The van der Waals surface area contributed by atoms with Crippen molar-refractivity contribution in [1.82, 2.24) is 45.0 Å². The number of halogens is 1. The first kappa shape index (κ1) is 44.1. The van der Waals surface area contributed by atoms with Crippen LogP contribution in [-0.4, -0.2) is 90.8 Å². The summed E-state index contributed by atoms with van der Waals surface area (Å²) in [5.41, 5.74) is 13.6. The lowest BCUT2D eigenvalue weighted by Crippen LogP contribution is -2.59. The molecule has 4 aliphatic rings. The second-order valence-electron chi connectivity index (χ2n) is 19.4. The number of aliphatic imine (C=N–C) groups is 1. The summed E-state index contributed by atoms with van der Waals surface area (Å²) in [7, 11) is 6.88. The molecule has 16 nitrogen and oxygen atoms in total. The number of benzene rings is 4. The van der Waals surface area contributed by atoms with Gasteiger partial charge < -0.3 is 28.3 Å². The molecule has 2 N–H and O–H groups in total. The lowest BCUT2D eigenvalue weighted by Gasteiger charge is -2.53. The summed E-state index contributed by atoms with van der Waals surface area (Å²) in [5.74, 6) is 2.53. The minimum Gasteiger partial charge on any atom is -0.493 e. The Labute approximate surface area is 407 Å². The molecule has 71 heavy (non-hydrogen) atoms. The molecule has 4 aromatic heterocycles. The number of carbonyl (C=O) groups excluding carboxylic acids is 2. The van der Waals surface area contributed by atoms with Crippen LogP contribution in [0.4, 0.5) is 4.39 Å². The van der Waals surface area contributed by atoms with E-state index in [0.717, 1.165) is 66.5 Å². The number of hydrogen-bond acceptors (Lipinski definition) is 14. The molecule has 3 unspecified atom stereocenters. The molecule has 8 aromatic rings. The zero-order valence-corrected chi connectivity index (χ0v) is 39.6. The van der Waals surface area contributed by atoms with Crippen molar-refractivity contribution in [2.24, 2.45) is 29.0 Å². The number of carbonyl (C=O) groups is 2. The van der Waals surface area contributed by atoms with Gasteiger partial charge in [0, 0.05) is 48.7 Å². The van der Waals surface area contributed by atoms with Crippen LogP contribution >= 0.6 is 0 Å². The normalized spacial score (nSPS) is 22.1. The van der Waals surface area contributed by atoms with Crippen molar-refractivity contribution >= 4 is 45.9 Å². The third kappa shape index (κ3) is 7.98. The molecule has 3 atom stereocenters. The zero-order valence-electron chi connectivity index (χ0n) is 39.6. The Morgan fingerprint density at radius 3 is 2.61 bits per heavy atom. The van der Waals surface area contributed by atoms with Crippen molar-refractivity contribution in [1.29, 1.82) is 0 Å². The van der Waals surface area contributed by atoms with Crippen LogP contribution in [0.25, 0.3) is 67.6 Å². The van der Waals surface area contributed by atoms with Gasteiger partial charge in [-0.2, -0.15) is 5.10 Å². The summed E-state index contributed by atoms with van der Waals surface area (Å²) in [4.78, 5) is 50.0. The van der Waals surface area contributed by atoms with Crippen LogP contribution < -0.4 is 10.2 Å². The number of aromatic amines is 1. The summed E-state index contributed by atoms with van der Waals surface area (Å²) in [6.07, 6.45) is 9.45. The van der Waals surface area contributed by atoms with E-state index in [1.54, 1.807) is 42.3 Å². The highest BCUT2D eigenvalue weighted by atomic mass is 19.1. The number of rotatable bonds is 13. The Hall–Kier alpha value is -8.08. The molecule has 3 saturated carbocycles. The number of imidazole rings is 1. The van der Waals surface area contributed by atoms with E-state index in [-0.39, 0.29) is 29.1 Å². The standard InChI is InChI=1S/C54H50FN11O5/c1-65-27-57-63-50(65)39-23-36(55)12-13-37(39)34-21-42(59-45(22-34)49-60-40-14-11-32(52(68)70-4)20-43(40)61-49)38-19-33(38)15-30-24-54(25-30,53-64-58-28-66(53)2)35-8-5-7-31(18-35)51-62-44-16-29(17-47(69-3)48(44)71-51)26-56-41-9-6-10-46(41)67/h5,7-8,11-14,16-18,20-23,27-28,30,33,38,53,64H,6,9-10,15,19,24-26H2,1-4H3,(H,60,61). The monoisotopic (exact) mass is 951 g/mol. The third-order valence-electron chi connectivity index (χ3n) is 14.9. The van der Waals surface area contributed by atoms with Crippen molar-refractivity contribution in [3.63, 3.8) is 0 Å². The molecule has 1 aliphatic heterocycles. The molecule has 12 rings (SSSR count). The lowest BCUT2D eigenvalue weighted by molar-refractivity contribution is -0.112. The maximum atomic E-state index is 15.0. The van der Waals surface area contributed by atoms with Gasteiger partial charge >= 0.3 is 5.97 Å². The van der Waals surface area contributed by atoms with Gasteiger partial charge in [-0.15, -0.1) is 10.2 Å². The highest BCUT2D eigenvalue weighted by Gasteiger charge is 2.55. The first-order chi connectivity index (χ1) is 34.5. The number of fused-ring (bicyclic) bond motifs is 2. The number of nitrogens with zero attached hydrogens (tertiary/aromatic N) is 9. The Morgan fingerprint density at radius 1 is 0.944 bits per heavy atom. The van der Waals surface area contributed by atoms with E-state index < -0.39 is 5.97 Å². The van der Waals surface area contributed by atoms with E-state index in [4.69, 9.17) is 28.8 Å². The molecule has 3 aliphatic carbocycles. The number of methoxy groups -OCH3 is 2. The average Bonchev–Trinajstić information content (AvgIpc) is 3.98. The summed E-state index contributed by atoms with van der Waals surface area (Å²) in [5, 5.41) is 12.9. The molecular weight excluding hydrogens is 902 g/mol. The second-order valence-corrected chi connectivity index (χ2v) is 19.4. The summed E-state index contributed by atoms with van der Waals surface area (Å²) < 4.78 is 33.9. The fourth-order valence-corrected chi connectivity index (χ4v) is 11.2. The van der Waals surface area contributed by atoms with Crippen LogP contribution in [0.1, 0.15) is 78.0 Å². The van der Waals surface area contributed by atoms with Crippen LogP contribution in [0.5, 0.6) is 5.75 Å². The fraction of sp³-hybridized carbons (Fsp3) is 0.315. The Balaban J connectivity index is 0.829. The first-order valence-electron chi connectivity index (χ1n) is 23.9. The third-order valence-corrected chi connectivity index (χ3v) is 14.9. The predicted molar refractivity (Wildman–Crippen MR) is 265 cm³/mol. The maximum absolute atomic E-state index is 15.0. The number of H-pyrrole nitrogens is 1. The topological polar surface area (TPSA) is 191 Å². The molecule has 0 radical (unpaired) electrons. The fourth-order valence-electron chi connectivity index (χ4n) is 11.2. The number of pyridine rings is 1. The predicted octanol–water partition coefficient (Wildman–Crippen LogP) is 9.17. The Morgan fingerprint density at radius 2 is 1.83 bits per heavy atom. The van der Waals surface area contributed by atoms with E-state index in [2.05, 4.69) is 66.9 Å². The van der Waals surface area contributed by atoms with Gasteiger partial charge in [0.25, 0.3) is 0 Å². The molecule has 0 saturated heterocycles. The number of hydrogen-bond donors (Lipinski definition) is 2. The molecule has 3 fully saturated rings. The summed E-state index contributed by atoms with van der Waals surface area (Å²) >= 11 is 0. The number of aromatic nitrogens is 7. The number of hydrazone groups is 1. The van der Waals surface area contributed by atoms with Crippen LogP contribution in [0, 0.1) is 17.7 Å². The van der Waals surface area contributed by atoms with Gasteiger partial charge in [-0.1, -0.05) is 18.2 Å². The van der Waals surface area contributed by atoms with E-state index in [1.165, 1.54) is 24.8 Å². The van der Waals surface area contributed by atoms with Crippen molar-refractivity contribution < 1.29 is 27.9 Å². The van der Waals surface area contributed by atoms with Crippen LogP contribution in [-0.2, 0) is 28.5 Å². The number of oxazole rings is 1. The van der Waals surface area contributed by atoms with Gasteiger partial charge in [-0.05, 0) is 139 Å². The molecule has 5 heterocycles. The highest BCUT2D eigenvalue weighted by molar-refractivity contribution is 6.41. The van der Waals surface area contributed by atoms with Gasteiger partial charge in [0.2, 0.25) is 5.89 Å². The lowest BCUT2D eigenvalue weighted by atomic mass is 9.55. The van der Waals surface area contributed by atoms with Gasteiger partial charge in [-0.3, -0.25) is 15.2 Å². The van der Waals surface area contributed by atoms with Gasteiger partial charge in [-0.25, -0.2) is 24.1 Å². The minimum absolute atomic E-state index is 0.0455. The Kier molecular flexibility index (Phi) is 10.8. The Bertz CT molecular complexity index is 3500. The molecule has 0 amide bonds. The maximum Gasteiger partial charge on any atom is 0.337 e. The average molecular weight is 952 g/mol. The molecule has 0 bridgehead atoms. The molecule has 17 heteroatoms. The van der Waals surface area contributed by atoms with E-state index in [9.17, 15) is 14.0 Å². The SMILES string of the molecule is COC(=O)c1ccc2nc(-c3cc(-c4ccc(F)cc4-c4nncn4C)cc(C4CC4CC4CC(c5cccc(-c6nc7cc(CN=C8CCCC8=O)cc(OC)c7o6)c5)(C5NN=CN5C)C4)n3)[nH]c2c1. The van der Waals surface area contributed by atoms with E-state index >= 15 is 0 Å². The number of esters is 1. The van der Waals surface area contributed by atoms with Crippen molar-refractivity contribution in [3.05, 3.63) is 119 Å². The van der Waals surface area contributed by atoms with Crippen molar-refractivity contribution in [2.75, 3.05) is 21.3 Å². The van der Waals surface area contributed by atoms with Crippen LogP contribution in [0.2, 0.25) is 0 Å². The number of likely N-dealkylation sites (N-methyl/N-ethyl adjacent to an activating group) is 1. The molecule has 358 valence electrons. The smallest absolute Gasteiger partial charge is 0.337 e. The number of nitrogens with one attached hydrogen (secondary N) is 2. The van der Waals surface area contributed by atoms with Crippen molar-refractivity contribution in [2.45, 2.75) is 69.0 Å². The van der Waals surface area contributed by atoms with Crippen LogP contribution in [0.3, 0.4) is 0 Å². The van der Waals surface area contributed by atoms with Gasteiger partial charge in [0.1, 0.15) is 35.9 Å². The highest BCUT2D eigenvalue weighted by Crippen LogP contribution is 2.59. The van der Waals surface area contributed by atoms with Crippen LogP contribution in [0.15, 0.2) is 106 Å². The van der Waals surface area contributed by atoms with E-state index in [1.807, 2.05) is 37.7 Å². The summed E-state index contributed by atoms with van der Waals surface area (Å²) in [6.45, 7) is 0.371. The number of Topliss-reactive ketones (excluding diaryl/α,β-unsaturated/α-hetero) is 1.